The molecule has 0 bridgehead atoms. The van der Waals surface area contributed by atoms with Crippen molar-refractivity contribution in [3.63, 3.8) is 0 Å². The molecule has 0 spiro atoms. The molecular weight excluding hydrogens is 454 g/mol. The Bertz CT molecular complexity index is 1250. The summed E-state index contributed by atoms with van der Waals surface area (Å²) in [5.41, 5.74) is 1.04. The third kappa shape index (κ3) is 6.00. The van der Waals surface area contributed by atoms with Crippen LogP contribution >= 0.6 is 0 Å². The predicted octanol–water partition coefficient (Wildman–Crippen LogP) is 5.55. The molecular formula is C25H19F4NO4. The van der Waals surface area contributed by atoms with Crippen molar-refractivity contribution in [1.82, 2.24) is 5.32 Å². The number of carbonyl (C=O) groups is 2. The SMILES string of the molecule is COc1ccc(-c2cccc(/C=C/C(=O)O)c2)cc1CNC(=O)c1ccc(C(F)(F)F)cc1F. The second-order valence-electron chi connectivity index (χ2n) is 7.20. The van der Waals surface area contributed by atoms with Gasteiger partial charge in [0.25, 0.3) is 5.91 Å². The summed E-state index contributed by atoms with van der Waals surface area (Å²) in [6.45, 7) is -0.0745. The highest BCUT2D eigenvalue weighted by atomic mass is 19.4. The molecule has 0 fully saturated rings. The van der Waals surface area contributed by atoms with Gasteiger partial charge in [-0.3, -0.25) is 4.79 Å². The van der Waals surface area contributed by atoms with Gasteiger partial charge in [0.15, 0.2) is 0 Å². The number of hydrogen-bond acceptors (Lipinski definition) is 3. The maximum atomic E-state index is 14.1. The Kier molecular flexibility index (Phi) is 7.35. The number of methoxy groups -OCH3 is 1. The van der Waals surface area contributed by atoms with E-state index >= 15 is 0 Å². The number of hydrogen-bond donors (Lipinski definition) is 2. The van der Waals surface area contributed by atoms with Crippen molar-refractivity contribution in [1.29, 1.82) is 0 Å². The summed E-state index contributed by atoms with van der Waals surface area (Å²) in [4.78, 5) is 23.1. The fourth-order valence-corrected chi connectivity index (χ4v) is 3.23. The topological polar surface area (TPSA) is 75.6 Å². The minimum absolute atomic E-state index is 0.0745. The van der Waals surface area contributed by atoms with Crippen LogP contribution in [0.15, 0.2) is 66.7 Å². The Hall–Kier alpha value is -4.14. The van der Waals surface area contributed by atoms with Gasteiger partial charge >= 0.3 is 12.1 Å². The summed E-state index contributed by atoms with van der Waals surface area (Å²) in [6.07, 6.45) is -2.24. The highest BCUT2D eigenvalue weighted by molar-refractivity contribution is 5.94. The molecule has 0 radical (unpaired) electrons. The number of carboxylic acid groups (broad SMARTS) is 1. The van der Waals surface area contributed by atoms with Crippen LogP contribution < -0.4 is 10.1 Å². The van der Waals surface area contributed by atoms with Crippen LogP contribution in [0.2, 0.25) is 0 Å². The van der Waals surface area contributed by atoms with Gasteiger partial charge in [-0.1, -0.05) is 24.3 Å². The first-order valence-electron chi connectivity index (χ1n) is 9.92. The highest BCUT2D eigenvalue weighted by Gasteiger charge is 2.31. The van der Waals surface area contributed by atoms with Crippen molar-refractivity contribution in [2.45, 2.75) is 12.7 Å². The van der Waals surface area contributed by atoms with Gasteiger partial charge in [-0.15, -0.1) is 0 Å². The van der Waals surface area contributed by atoms with Crippen molar-refractivity contribution < 1.29 is 37.0 Å². The maximum absolute atomic E-state index is 14.1. The maximum Gasteiger partial charge on any atom is 0.416 e. The molecule has 3 rings (SSSR count). The lowest BCUT2D eigenvalue weighted by molar-refractivity contribution is -0.137. The molecule has 2 N–H and O–H groups in total. The number of halogens is 4. The molecule has 0 saturated carbocycles. The molecule has 0 aliphatic heterocycles. The standard InChI is InChI=1S/C25H19F4NO4/c1-34-22-9-6-17(16-4-2-3-15(11-16)5-10-23(31)32)12-18(22)14-30-24(33)20-8-7-19(13-21(20)26)25(27,28)29/h2-13H,14H2,1H3,(H,30,33)(H,31,32)/b10-5+. The molecule has 0 heterocycles. The third-order valence-electron chi connectivity index (χ3n) is 4.90. The minimum atomic E-state index is -4.72. The van der Waals surface area contributed by atoms with E-state index in [1.54, 1.807) is 36.4 Å². The van der Waals surface area contributed by atoms with E-state index in [0.29, 0.717) is 22.9 Å². The normalized spacial score (nSPS) is 11.4. The molecule has 176 valence electrons. The molecule has 0 aliphatic rings. The summed E-state index contributed by atoms with van der Waals surface area (Å²) in [5, 5.41) is 11.3. The minimum Gasteiger partial charge on any atom is -0.496 e. The molecule has 1 amide bonds. The number of alkyl halides is 3. The lowest BCUT2D eigenvalue weighted by Gasteiger charge is -2.13. The Morgan fingerprint density at radius 2 is 1.76 bits per heavy atom. The molecule has 0 unspecified atom stereocenters. The summed E-state index contributed by atoms with van der Waals surface area (Å²) in [6, 6.07) is 14.0. The molecule has 9 heteroatoms. The lowest BCUT2D eigenvalue weighted by atomic mass is 10.00. The molecule has 0 aromatic heterocycles. The molecule has 0 saturated heterocycles. The van der Waals surface area contributed by atoms with Gasteiger partial charge in [-0.25, -0.2) is 9.18 Å². The molecule has 3 aromatic rings. The van der Waals surface area contributed by atoms with Crippen LogP contribution in [0.1, 0.15) is 27.0 Å². The van der Waals surface area contributed by atoms with Crippen LogP contribution in [0.3, 0.4) is 0 Å². The fourth-order valence-electron chi connectivity index (χ4n) is 3.23. The number of carbonyl (C=O) groups excluding carboxylic acids is 1. The first-order chi connectivity index (χ1) is 16.1. The number of rotatable bonds is 7. The predicted molar refractivity (Wildman–Crippen MR) is 118 cm³/mol. The van der Waals surface area contributed by atoms with Gasteiger partial charge in [0.2, 0.25) is 0 Å². The Balaban J connectivity index is 1.82. The number of amides is 1. The number of aliphatic carboxylic acids is 1. The average molecular weight is 473 g/mol. The quantitative estimate of drug-likeness (QED) is 0.349. The van der Waals surface area contributed by atoms with Gasteiger partial charge in [-0.2, -0.15) is 13.2 Å². The molecule has 5 nitrogen and oxygen atoms in total. The van der Waals surface area contributed by atoms with E-state index in [1.165, 1.54) is 13.2 Å². The van der Waals surface area contributed by atoms with E-state index in [-0.39, 0.29) is 12.6 Å². The van der Waals surface area contributed by atoms with Crippen LogP contribution in [0.4, 0.5) is 17.6 Å². The van der Waals surface area contributed by atoms with Crippen LogP contribution in [0.5, 0.6) is 5.75 Å². The van der Waals surface area contributed by atoms with Gasteiger partial charge in [0.05, 0.1) is 18.2 Å². The molecule has 34 heavy (non-hydrogen) atoms. The van der Waals surface area contributed by atoms with Crippen molar-refractivity contribution in [2.75, 3.05) is 7.11 Å². The zero-order chi connectivity index (χ0) is 24.9. The van der Waals surface area contributed by atoms with Crippen LogP contribution in [-0.2, 0) is 17.5 Å². The van der Waals surface area contributed by atoms with E-state index in [2.05, 4.69) is 5.32 Å². The van der Waals surface area contributed by atoms with Crippen LogP contribution in [0, 0.1) is 5.82 Å². The first-order valence-corrected chi connectivity index (χ1v) is 9.92. The largest absolute Gasteiger partial charge is 0.496 e. The van der Waals surface area contributed by atoms with E-state index in [4.69, 9.17) is 9.84 Å². The van der Waals surface area contributed by atoms with Gasteiger partial charge in [0.1, 0.15) is 11.6 Å². The monoisotopic (exact) mass is 473 g/mol. The van der Waals surface area contributed by atoms with E-state index < -0.39 is 35.0 Å². The van der Waals surface area contributed by atoms with Crippen molar-refractivity contribution in [3.05, 3.63) is 94.8 Å². The van der Waals surface area contributed by atoms with Crippen LogP contribution in [-0.4, -0.2) is 24.1 Å². The van der Waals surface area contributed by atoms with E-state index in [0.717, 1.165) is 23.3 Å². The number of nitrogens with one attached hydrogen (secondary N) is 1. The van der Waals surface area contributed by atoms with Crippen LogP contribution in [0.25, 0.3) is 17.2 Å². The highest BCUT2D eigenvalue weighted by Crippen LogP contribution is 2.31. The van der Waals surface area contributed by atoms with Crippen molar-refractivity contribution in [2.24, 2.45) is 0 Å². The average Bonchev–Trinajstić information content (AvgIpc) is 2.80. The fraction of sp³-hybridized carbons (Fsp3) is 0.120. The first kappa shape index (κ1) is 24.5. The summed E-state index contributed by atoms with van der Waals surface area (Å²) in [7, 11) is 1.44. The van der Waals surface area contributed by atoms with Gasteiger partial charge < -0.3 is 15.2 Å². The van der Waals surface area contributed by atoms with E-state index in [1.807, 2.05) is 6.07 Å². The van der Waals surface area contributed by atoms with Crippen molar-refractivity contribution >= 4 is 18.0 Å². The van der Waals surface area contributed by atoms with E-state index in [9.17, 15) is 27.2 Å². The number of carboxylic acids is 1. The lowest BCUT2D eigenvalue weighted by Crippen LogP contribution is -2.24. The second-order valence-corrected chi connectivity index (χ2v) is 7.20. The third-order valence-corrected chi connectivity index (χ3v) is 4.90. The summed E-state index contributed by atoms with van der Waals surface area (Å²) < 4.78 is 57.6. The Morgan fingerprint density at radius 1 is 1.03 bits per heavy atom. The second kappa shape index (κ2) is 10.2. The summed E-state index contributed by atoms with van der Waals surface area (Å²) >= 11 is 0. The summed E-state index contributed by atoms with van der Waals surface area (Å²) in [5.74, 6) is -2.78. The number of benzene rings is 3. The van der Waals surface area contributed by atoms with Crippen molar-refractivity contribution in [3.8, 4) is 16.9 Å². The molecule has 0 aliphatic carbocycles. The zero-order valence-electron chi connectivity index (χ0n) is 17.8. The van der Waals surface area contributed by atoms with Gasteiger partial charge in [0, 0.05) is 18.2 Å². The molecule has 0 atom stereocenters. The van der Waals surface area contributed by atoms with Gasteiger partial charge in [-0.05, 0) is 59.2 Å². The molecule has 3 aromatic carbocycles. The smallest absolute Gasteiger partial charge is 0.416 e. The Labute approximate surface area is 192 Å². The number of ether oxygens (including phenoxy) is 1. The zero-order valence-corrected chi connectivity index (χ0v) is 17.8. The Morgan fingerprint density at radius 3 is 2.41 bits per heavy atom.